The van der Waals surface area contributed by atoms with E-state index in [1.54, 1.807) is 19.2 Å². The van der Waals surface area contributed by atoms with Crippen LogP contribution in [0.1, 0.15) is 35.7 Å². The molecule has 1 heterocycles. The molecule has 1 aliphatic rings. The molecule has 1 saturated heterocycles. The van der Waals surface area contributed by atoms with Gasteiger partial charge in [0.2, 0.25) is 5.91 Å². The highest BCUT2D eigenvalue weighted by atomic mass is 16.5. The first kappa shape index (κ1) is 16.3. The van der Waals surface area contributed by atoms with E-state index in [0.29, 0.717) is 12.1 Å². The van der Waals surface area contributed by atoms with Crippen molar-refractivity contribution in [2.45, 2.75) is 31.9 Å². The fourth-order valence-corrected chi connectivity index (χ4v) is 2.44. The second kappa shape index (κ2) is 7.26. The number of nitrogens with zero attached hydrogens (tertiary/aromatic N) is 1. The van der Waals surface area contributed by atoms with Crippen molar-refractivity contribution in [1.29, 1.82) is 0 Å². The fraction of sp³-hybridized carbons (Fsp3) is 0.500. The number of guanidine groups is 1. The Morgan fingerprint density at radius 1 is 1.36 bits per heavy atom. The van der Waals surface area contributed by atoms with Crippen molar-refractivity contribution >= 4 is 11.9 Å². The Morgan fingerprint density at radius 2 is 2.09 bits per heavy atom. The van der Waals surface area contributed by atoms with Crippen molar-refractivity contribution in [1.82, 2.24) is 10.6 Å². The van der Waals surface area contributed by atoms with Gasteiger partial charge in [-0.15, -0.1) is 0 Å². The molecular formula is C16H24N4O2. The van der Waals surface area contributed by atoms with E-state index in [1.807, 2.05) is 12.1 Å². The average Bonchev–Trinajstić information content (AvgIpc) is 2.95. The summed E-state index contributed by atoms with van der Waals surface area (Å²) in [7, 11) is 1.74. The quantitative estimate of drug-likeness (QED) is 0.560. The minimum atomic E-state index is -0.415. The zero-order chi connectivity index (χ0) is 16.0. The normalized spacial score (nSPS) is 21.6. The van der Waals surface area contributed by atoms with E-state index in [2.05, 4.69) is 22.5 Å². The number of rotatable bonds is 5. The molecule has 22 heavy (non-hydrogen) atoms. The van der Waals surface area contributed by atoms with E-state index < -0.39 is 5.91 Å². The number of amides is 1. The predicted octanol–water partition coefficient (Wildman–Crippen LogP) is 1.02. The Hall–Kier alpha value is -2.08. The maximum Gasteiger partial charge on any atom is 0.248 e. The summed E-state index contributed by atoms with van der Waals surface area (Å²) >= 11 is 0. The summed E-state index contributed by atoms with van der Waals surface area (Å²) < 4.78 is 5.74. The van der Waals surface area contributed by atoms with Gasteiger partial charge >= 0.3 is 0 Å². The number of hydrogen-bond donors (Lipinski definition) is 3. The highest BCUT2D eigenvalue weighted by Gasteiger charge is 2.29. The number of aliphatic imine (C=N–C) groups is 1. The van der Waals surface area contributed by atoms with Gasteiger partial charge in [0, 0.05) is 32.3 Å². The largest absolute Gasteiger partial charge is 0.373 e. The summed E-state index contributed by atoms with van der Waals surface area (Å²) in [6.07, 6.45) is 2.17. The Bertz CT molecular complexity index is 534. The van der Waals surface area contributed by atoms with Gasteiger partial charge in [0.05, 0.1) is 5.60 Å². The van der Waals surface area contributed by atoms with Crippen molar-refractivity contribution in [3.63, 3.8) is 0 Å². The van der Waals surface area contributed by atoms with Gasteiger partial charge in [0.25, 0.3) is 0 Å². The van der Waals surface area contributed by atoms with Gasteiger partial charge in [-0.25, -0.2) is 0 Å². The maximum absolute atomic E-state index is 11.0. The van der Waals surface area contributed by atoms with Crippen LogP contribution in [0.15, 0.2) is 29.3 Å². The Labute approximate surface area is 131 Å². The molecule has 2 rings (SSSR count). The summed E-state index contributed by atoms with van der Waals surface area (Å²) in [4.78, 5) is 15.2. The topological polar surface area (TPSA) is 88.7 Å². The van der Waals surface area contributed by atoms with Gasteiger partial charge in [0.15, 0.2) is 5.96 Å². The molecule has 0 radical (unpaired) electrons. The number of carbonyl (C=O) groups is 1. The molecule has 0 aromatic heterocycles. The third-order valence-electron chi connectivity index (χ3n) is 3.85. The monoisotopic (exact) mass is 304 g/mol. The SMILES string of the molecule is CN=C(NCc1ccc(C(N)=O)cc1)NCC1(C)CCCO1. The highest BCUT2D eigenvalue weighted by molar-refractivity contribution is 5.92. The van der Waals surface area contributed by atoms with Crippen LogP contribution >= 0.6 is 0 Å². The number of benzene rings is 1. The van der Waals surface area contributed by atoms with Crippen LogP contribution in [-0.2, 0) is 11.3 Å². The molecule has 6 nitrogen and oxygen atoms in total. The van der Waals surface area contributed by atoms with Crippen LogP contribution in [0.5, 0.6) is 0 Å². The van der Waals surface area contributed by atoms with Crippen LogP contribution in [0, 0.1) is 0 Å². The molecule has 1 unspecified atom stereocenters. The molecule has 1 fully saturated rings. The average molecular weight is 304 g/mol. The van der Waals surface area contributed by atoms with Crippen molar-refractivity contribution in [2.75, 3.05) is 20.2 Å². The van der Waals surface area contributed by atoms with Crippen LogP contribution in [0.25, 0.3) is 0 Å². The number of nitrogens with two attached hydrogens (primary N) is 1. The maximum atomic E-state index is 11.0. The Kier molecular flexibility index (Phi) is 5.38. The first-order valence-corrected chi connectivity index (χ1v) is 7.50. The molecule has 0 bridgehead atoms. The van der Waals surface area contributed by atoms with E-state index >= 15 is 0 Å². The predicted molar refractivity (Wildman–Crippen MR) is 86.8 cm³/mol. The van der Waals surface area contributed by atoms with E-state index in [0.717, 1.165) is 37.5 Å². The minimum absolute atomic E-state index is 0.110. The van der Waals surface area contributed by atoms with Gasteiger partial charge in [0.1, 0.15) is 0 Å². The fourth-order valence-electron chi connectivity index (χ4n) is 2.44. The van der Waals surface area contributed by atoms with Crippen molar-refractivity contribution in [2.24, 2.45) is 10.7 Å². The third kappa shape index (κ3) is 4.46. The van der Waals surface area contributed by atoms with Gasteiger partial charge < -0.3 is 21.1 Å². The molecule has 1 amide bonds. The number of primary amides is 1. The molecule has 0 spiro atoms. The van der Waals surface area contributed by atoms with Crippen molar-refractivity contribution < 1.29 is 9.53 Å². The van der Waals surface area contributed by atoms with Crippen LogP contribution in [0.2, 0.25) is 0 Å². The van der Waals surface area contributed by atoms with Crippen LogP contribution in [0.4, 0.5) is 0 Å². The van der Waals surface area contributed by atoms with E-state index in [9.17, 15) is 4.79 Å². The van der Waals surface area contributed by atoms with Gasteiger partial charge in [-0.1, -0.05) is 12.1 Å². The van der Waals surface area contributed by atoms with E-state index in [1.165, 1.54) is 0 Å². The highest BCUT2D eigenvalue weighted by Crippen LogP contribution is 2.23. The zero-order valence-electron chi connectivity index (χ0n) is 13.2. The molecule has 1 atom stereocenters. The molecular weight excluding hydrogens is 280 g/mol. The molecule has 1 aliphatic heterocycles. The smallest absolute Gasteiger partial charge is 0.248 e. The second-order valence-corrected chi connectivity index (χ2v) is 5.74. The van der Waals surface area contributed by atoms with Gasteiger partial charge in [-0.05, 0) is 37.5 Å². The Balaban J connectivity index is 1.82. The summed E-state index contributed by atoms with van der Waals surface area (Å²) in [6, 6.07) is 7.20. The van der Waals surface area contributed by atoms with Crippen molar-refractivity contribution in [3.8, 4) is 0 Å². The number of ether oxygens (including phenoxy) is 1. The number of nitrogens with one attached hydrogen (secondary N) is 2. The lowest BCUT2D eigenvalue weighted by molar-refractivity contribution is 0.0243. The molecule has 0 aliphatic carbocycles. The molecule has 120 valence electrons. The van der Waals surface area contributed by atoms with Crippen molar-refractivity contribution in [3.05, 3.63) is 35.4 Å². The molecule has 1 aromatic carbocycles. The third-order valence-corrected chi connectivity index (χ3v) is 3.85. The second-order valence-electron chi connectivity index (χ2n) is 5.74. The summed E-state index contributed by atoms with van der Waals surface area (Å²) in [5.41, 5.74) is 6.68. The molecule has 6 heteroatoms. The van der Waals surface area contributed by atoms with E-state index in [-0.39, 0.29) is 5.60 Å². The molecule has 1 aromatic rings. The summed E-state index contributed by atoms with van der Waals surface area (Å²) in [5.74, 6) is 0.317. The van der Waals surface area contributed by atoms with Gasteiger partial charge in [-0.3, -0.25) is 9.79 Å². The molecule has 0 saturated carbocycles. The number of hydrogen-bond acceptors (Lipinski definition) is 3. The minimum Gasteiger partial charge on any atom is -0.373 e. The Morgan fingerprint density at radius 3 is 2.64 bits per heavy atom. The first-order valence-electron chi connectivity index (χ1n) is 7.50. The zero-order valence-corrected chi connectivity index (χ0v) is 13.2. The van der Waals surface area contributed by atoms with Crippen LogP contribution in [-0.4, -0.2) is 37.7 Å². The lowest BCUT2D eigenvalue weighted by Crippen LogP contribution is -2.45. The lowest BCUT2D eigenvalue weighted by atomic mass is 10.0. The number of carbonyl (C=O) groups excluding carboxylic acids is 1. The summed E-state index contributed by atoms with van der Waals surface area (Å²) in [5, 5.41) is 6.53. The van der Waals surface area contributed by atoms with Crippen LogP contribution in [0.3, 0.4) is 0 Å². The van der Waals surface area contributed by atoms with E-state index in [4.69, 9.17) is 10.5 Å². The lowest BCUT2D eigenvalue weighted by Gasteiger charge is -2.24. The van der Waals surface area contributed by atoms with Crippen LogP contribution < -0.4 is 16.4 Å². The van der Waals surface area contributed by atoms with Gasteiger partial charge in [-0.2, -0.15) is 0 Å². The molecule has 4 N–H and O–H groups in total. The summed E-state index contributed by atoms with van der Waals surface area (Å²) in [6.45, 7) is 4.29. The standard InChI is InChI=1S/C16H24N4O2/c1-16(8-3-9-22-16)11-20-15(18-2)19-10-12-4-6-13(7-5-12)14(17)21/h4-7H,3,8-11H2,1-2H3,(H2,17,21)(H2,18,19,20). The first-order chi connectivity index (χ1) is 10.5.